The highest BCUT2D eigenvalue weighted by Gasteiger charge is 2.17. The maximum atomic E-state index is 13.5. The minimum Gasteiger partial charge on any atom is -0.437 e. The maximum Gasteiger partial charge on any atom is 0.241 e. The van der Waals surface area contributed by atoms with E-state index in [9.17, 15) is 4.39 Å². The fourth-order valence-corrected chi connectivity index (χ4v) is 1.74. The van der Waals surface area contributed by atoms with Gasteiger partial charge in [0.1, 0.15) is 17.3 Å². The molecule has 0 saturated heterocycles. The van der Waals surface area contributed by atoms with Gasteiger partial charge in [0.15, 0.2) is 0 Å². The van der Waals surface area contributed by atoms with Crippen molar-refractivity contribution in [2.45, 2.75) is 33.7 Å². The predicted octanol–water partition coefficient (Wildman–Crippen LogP) is 3.59. The molecular weight excluding hydrogens is 245 g/mol. The van der Waals surface area contributed by atoms with Crippen molar-refractivity contribution in [2.24, 2.45) is 0 Å². The SMILES string of the molecule is Cc1ccc(Oc2c(N)c(C)nn2C(C)C)cc1F. The van der Waals surface area contributed by atoms with E-state index in [1.54, 1.807) is 23.7 Å². The topological polar surface area (TPSA) is 53.1 Å². The van der Waals surface area contributed by atoms with Crippen LogP contribution in [-0.4, -0.2) is 9.78 Å². The summed E-state index contributed by atoms with van der Waals surface area (Å²) >= 11 is 0. The number of ether oxygens (including phenoxy) is 1. The average Bonchev–Trinajstić information content (AvgIpc) is 2.62. The molecule has 1 aromatic heterocycles. The second-order valence-corrected chi connectivity index (χ2v) is 4.86. The summed E-state index contributed by atoms with van der Waals surface area (Å²) in [7, 11) is 0. The van der Waals surface area contributed by atoms with Gasteiger partial charge in [0, 0.05) is 6.07 Å². The second kappa shape index (κ2) is 4.91. The van der Waals surface area contributed by atoms with Crippen LogP contribution in [0.4, 0.5) is 10.1 Å². The molecule has 0 aliphatic heterocycles. The van der Waals surface area contributed by atoms with E-state index in [0.29, 0.717) is 28.6 Å². The third kappa shape index (κ3) is 2.54. The first-order chi connectivity index (χ1) is 8.90. The summed E-state index contributed by atoms with van der Waals surface area (Å²) in [5, 5.41) is 4.32. The lowest BCUT2D eigenvalue weighted by Crippen LogP contribution is -2.05. The van der Waals surface area contributed by atoms with Gasteiger partial charge in [-0.3, -0.25) is 0 Å². The summed E-state index contributed by atoms with van der Waals surface area (Å²) in [5.41, 5.74) is 7.72. The zero-order valence-corrected chi connectivity index (χ0v) is 11.6. The van der Waals surface area contributed by atoms with Crippen LogP contribution in [-0.2, 0) is 0 Å². The van der Waals surface area contributed by atoms with E-state index in [1.807, 2.05) is 20.8 Å². The van der Waals surface area contributed by atoms with Crippen molar-refractivity contribution in [1.29, 1.82) is 0 Å². The molecule has 0 saturated carbocycles. The number of rotatable bonds is 3. The summed E-state index contributed by atoms with van der Waals surface area (Å²) in [6.07, 6.45) is 0. The van der Waals surface area contributed by atoms with Crippen molar-refractivity contribution in [3.8, 4) is 11.6 Å². The largest absolute Gasteiger partial charge is 0.437 e. The van der Waals surface area contributed by atoms with Gasteiger partial charge in [-0.2, -0.15) is 5.10 Å². The van der Waals surface area contributed by atoms with Crippen LogP contribution in [0.1, 0.15) is 31.1 Å². The lowest BCUT2D eigenvalue weighted by molar-refractivity contribution is 0.388. The Morgan fingerprint density at radius 1 is 1.32 bits per heavy atom. The van der Waals surface area contributed by atoms with Crippen LogP contribution in [0, 0.1) is 19.7 Å². The summed E-state index contributed by atoms with van der Waals surface area (Å²) in [5.74, 6) is 0.566. The van der Waals surface area contributed by atoms with Crippen LogP contribution in [0.25, 0.3) is 0 Å². The third-order valence-electron chi connectivity index (χ3n) is 2.93. The minimum absolute atomic E-state index is 0.112. The Morgan fingerprint density at radius 3 is 2.58 bits per heavy atom. The van der Waals surface area contributed by atoms with Crippen molar-refractivity contribution >= 4 is 5.69 Å². The van der Waals surface area contributed by atoms with Gasteiger partial charge in [0.05, 0.1) is 11.7 Å². The van der Waals surface area contributed by atoms with E-state index in [0.717, 1.165) is 0 Å². The van der Waals surface area contributed by atoms with E-state index < -0.39 is 0 Å². The Hall–Kier alpha value is -2.04. The zero-order chi connectivity index (χ0) is 14.2. The number of nitrogens with zero attached hydrogens (tertiary/aromatic N) is 2. The molecule has 102 valence electrons. The first-order valence-electron chi connectivity index (χ1n) is 6.18. The lowest BCUT2D eigenvalue weighted by Gasteiger charge is -2.12. The van der Waals surface area contributed by atoms with Gasteiger partial charge in [-0.1, -0.05) is 6.07 Å². The molecule has 0 aliphatic rings. The van der Waals surface area contributed by atoms with E-state index in [4.69, 9.17) is 10.5 Å². The van der Waals surface area contributed by atoms with Crippen LogP contribution in [0.3, 0.4) is 0 Å². The van der Waals surface area contributed by atoms with Crippen molar-refractivity contribution in [3.05, 3.63) is 35.3 Å². The molecule has 19 heavy (non-hydrogen) atoms. The Kier molecular flexibility index (Phi) is 3.46. The van der Waals surface area contributed by atoms with Crippen molar-refractivity contribution in [2.75, 3.05) is 5.73 Å². The maximum absolute atomic E-state index is 13.5. The number of nitrogens with two attached hydrogens (primary N) is 1. The van der Waals surface area contributed by atoms with Gasteiger partial charge >= 0.3 is 0 Å². The summed E-state index contributed by atoms with van der Waals surface area (Å²) in [4.78, 5) is 0. The molecule has 4 nitrogen and oxygen atoms in total. The summed E-state index contributed by atoms with van der Waals surface area (Å²) < 4.78 is 20.9. The van der Waals surface area contributed by atoms with Gasteiger partial charge < -0.3 is 10.5 Å². The number of aromatic nitrogens is 2. The number of nitrogen functional groups attached to an aromatic ring is 1. The summed E-state index contributed by atoms with van der Waals surface area (Å²) in [6, 6.07) is 4.84. The second-order valence-electron chi connectivity index (χ2n) is 4.86. The molecule has 2 rings (SSSR count). The Bertz CT molecular complexity index is 605. The number of hydrogen-bond donors (Lipinski definition) is 1. The van der Waals surface area contributed by atoms with E-state index >= 15 is 0 Å². The molecular formula is C14H18FN3O. The fraction of sp³-hybridized carbons (Fsp3) is 0.357. The standard InChI is InChI=1S/C14H18FN3O/c1-8(2)18-14(13(16)10(4)17-18)19-11-6-5-9(3)12(15)7-11/h5-8H,16H2,1-4H3. The highest BCUT2D eigenvalue weighted by molar-refractivity contribution is 5.54. The molecule has 0 atom stereocenters. The van der Waals surface area contributed by atoms with Gasteiger partial charge in [0.2, 0.25) is 5.88 Å². The third-order valence-corrected chi connectivity index (χ3v) is 2.93. The average molecular weight is 263 g/mol. The quantitative estimate of drug-likeness (QED) is 0.920. The molecule has 1 aromatic carbocycles. The Labute approximate surface area is 112 Å². The van der Waals surface area contributed by atoms with Gasteiger partial charge in [0.25, 0.3) is 0 Å². The van der Waals surface area contributed by atoms with Crippen LogP contribution < -0.4 is 10.5 Å². The van der Waals surface area contributed by atoms with Crippen LogP contribution in [0.15, 0.2) is 18.2 Å². The molecule has 2 N–H and O–H groups in total. The number of hydrogen-bond acceptors (Lipinski definition) is 3. The molecule has 2 aromatic rings. The van der Waals surface area contributed by atoms with E-state index in [1.165, 1.54) is 6.07 Å². The number of anilines is 1. The number of benzene rings is 1. The molecule has 0 amide bonds. The monoisotopic (exact) mass is 263 g/mol. The van der Waals surface area contributed by atoms with Gasteiger partial charge in [-0.25, -0.2) is 9.07 Å². The fourth-order valence-electron chi connectivity index (χ4n) is 1.74. The molecule has 0 spiro atoms. The Balaban J connectivity index is 2.40. The van der Waals surface area contributed by atoms with E-state index in [2.05, 4.69) is 5.10 Å². The summed E-state index contributed by atoms with van der Waals surface area (Å²) in [6.45, 7) is 7.48. The molecule has 0 bridgehead atoms. The minimum atomic E-state index is -0.302. The van der Waals surface area contributed by atoms with Crippen molar-refractivity contribution < 1.29 is 9.13 Å². The highest BCUT2D eigenvalue weighted by Crippen LogP contribution is 2.32. The highest BCUT2D eigenvalue weighted by atomic mass is 19.1. The van der Waals surface area contributed by atoms with Crippen LogP contribution in [0.5, 0.6) is 11.6 Å². The number of halogens is 1. The van der Waals surface area contributed by atoms with E-state index in [-0.39, 0.29) is 11.9 Å². The van der Waals surface area contributed by atoms with Gasteiger partial charge in [-0.05, 0) is 39.3 Å². The smallest absolute Gasteiger partial charge is 0.241 e. The van der Waals surface area contributed by atoms with Crippen molar-refractivity contribution in [3.63, 3.8) is 0 Å². The zero-order valence-electron chi connectivity index (χ0n) is 11.6. The predicted molar refractivity (Wildman–Crippen MR) is 73.0 cm³/mol. The molecule has 0 fully saturated rings. The Morgan fingerprint density at radius 2 is 2.00 bits per heavy atom. The van der Waals surface area contributed by atoms with Crippen molar-refractivity contribution in [1.82, 2.24) is 9.78 Å². The molecule has 5 heteroatoms. The lowest BCUT2D eigenvalue weighted by atomic mass is 10.2. The number of aryl methyl sites for hydroxylation is 2. The molecule has 1 heterocycles. The molecule has 0 unspecified atom stereocenters. The normalized spacial score (nSPS) is 11.1. The van der Waals surface area contributed by atoms with Crippen LogP contribution in [0.2, 0.25) is 0 Å². The first kappa shape index (κ1) is 13.4. The van der Waals surface area contributed by atoms with Crippen LogP contribution >= 0.6 is 0 Å². The molecule has 0 radical (unpaired) electrons. The first-order valence-corrected chi connectivity index (χ1v) is 6.18. The molecule has 0 aliphatic carbocycles. The van der Waals surface area contributed by atoms with Gasteiger partial charge in [-0.15, -0.1) is 0 Å².